The first-order valence-corrected chi connectivity index (χ1v) is 8.99. The van der Waals surface area contributed by atoms with Crippen LogP contribution in [0.5, 0.6) is 0 Å². The van der Waals surface area contributed by atoms with E-state index >= 15 is 0 Å². The summed E-state index contributed by atoms with van der Waals surface area (Å²) in [6.07, 6.45) is 2.27. The second kappa shape index (κ2) is 6.29. The number of likely N-dealkylation sites (tertiary alicyclic amines) is 1. The molecule has 104 valence electrons. The average molecular weight is 296 g/mol. The van der Waals surface area contributed by atoms with Crippen molar-refractivity contribution in [2.45, 2.75) is 18.9 Å². The molecule has 1 atom stereocenters. The van der Waals surface area contributed by atoms with Gasteiger partial charge >= 0.3 is 0 Å². The van der Waals surface area contributed by atoms with Crippen LogP contribution in [0.3, 0.4) is 0 Å². The molecule has 19 heavy (non-hydrogen) atoms. The lowest BCUT2D eigenvalue weighted by Crippen LogP contribution is -2.43. The predicted molar refractivity (Wildman–Crippen MR) is 81.7 cm³/mol. The summed E-state index contributed by atoms with van der Waals surface area (Å²) in [5, 5.41) is 5.38. The lowest BCUT2D eigenvalue weighted by Gasteiger charge is -2.27. The number of nitrogens with zero attached hydrogens (tertiary/aromatic N) is 1. The number of carbonyl (C=O) groups excluding carboxylic acids is 1. The Hall–Kier alpha value is -0.520. The summed E-state index contributed by atoms with van der Waals surface area (Å²) in [5.41, 5.74) is 0. The van der Waals surface area contributed by atoms with Gasteiger partial charge in [-0.15, -0.1) is 11.3 Å². The van der Waals surface area contributed by atoms with Crippen molar-refractivity contribution >= 4 is 29.0 Å². The maximum atomic E-state index is 12.3. The van der Waals surface area contributed by atoms with Gasteiger partial charge in [-0.05, 0) is 49.0 Å². The third-order valence-corrected chi connectivity index (χ3v) is 6.02. The highest BCUT2D eigenvalue weighted by Gasteiger charge is 2.30. The van der Waals surface area contributed by atoms with Gasteiger partial charge in [0.15, 0.2) is 0 Å². The molecule has 3 heterocycles. The molecule has 3 nitrogen and oxygen atoms in total. The van der Waals surface area contributed by atoms with Crippen LogP contribution in [0.1, 0.15) is 23.8 Å². The molecule has 2 fully saturated rings. The summed E-state index contributed by atoms with van der Waals surface area (Å²) in [6.45, 7) is 3.19. The quantitative estimate of drug-likeness (QED) is 0.905. The zero-order chi connectivity index (χ0) is 13.1. The van der Waals surface area contributed by atoms with E-state index in [1.807, 2.05) is 0 Å². The van der Waals surface area contributed by atoms with E-state index in [2.05, 4.69) is 27.7 Å². The van der Waals surface area contributed by atoms with Crippen molar-refractivity contribution in [3.8, 4) is 0 Å². The molecule has 0 aromatic carbocycles. The van der Waals surface area contributed by atoms with E-state index in [1.54, 1.807) is 23.1 Å². The van der Waals surface area contributed by atoms with Gasteiger partial charge in [0.1, 0.15) is 0 Å². The molecule has 1 aromatic heterocycles. The molecule has 0 spiro atoms. The molecule has 2 saturated heterocycles. The zero-order valence-electron chi connectivity index (χ0n) is 11.0. The monoisotopic (exact) mass is 296 g/mol. The van der Waals surface area contributed by atoms with Gasteiger partial charge in [-0.1, -0.05) is 6.07 Å². The first-order chi connectivity index (χ1) is 9.34. The summed E-state index contributed by atoms with van der Waals surface area (Å²) in [6, 6.07) is 4.59. The van der Waals surface area contributed by atoms with Crippen molar-refractivity contribution in [3.63, 3.8) is 0 Å². The van der Waals surface area contributed by atoms with Gasteiger partial charge in [-0.3, -0.25) is 4.79 Å². The lowest BCUT2D eigenvalue weighted by atomic mass is 10.1. The molecule has 1 amide bonds. The normalized spacial score (nSPS) is 23.6. The van der Waals surface area contributed by atoms with E-state index < -0.39 is 0 Å². The summed E-state index contributed by atoms with van der Waals surface area (Å²) in [7, 11) is 0. The zero-order valence-corrected chi connectivity index (χ0v) is 12.6. The first kappa shape index (κ1) is 13.5. The summed E-state index contributed by atoms with van der Waals surface area (Å²) in [4.78, 5) is 15.8. The van der Waals surface area contributed by atoms with Crippen LogP contribution in [0.15, 0.2) is 17.5 Å². The van der Waals surface area contributed by atoms with E-state index in [4.69, 9.17) is 0 Å². The van der Waals surface area contributed by atoms with Crippen LogP contribution in [0, 0.1) is 5.92 Å². The third kappa shape index (κ3) is 3.15. The van der Waals surface area contributed by atoms with Gasteiger partial charge in [0.25, 0.3) is 0 Å². The summed E-state index contributed by atoms with van der Waals surface area (Å²) < 4.78 is 0. The predicted octanol–water partition coefficient (Wildman–Crippen LogP) is 2.36. The minimum atomic E-state index is 0.327. The molecular weight excluding hydrogens is 276 g/mol. The summed E-state index contributed by atoms with van der Waals surface area (Å²) in [5.74, 6) is 2.88. The Morgan fingerprint density at radius 1 is 1.53 bits per heavy atom. The number of carbonyl (C=O) groups is 1. The molecule has 0 aliphatic carbocycles. The average Bonchev–Trinajstić information content (AvgIpc) is 3.00. The van der Waals surface area contributed by atoms with Crippen molar-refractivity contribution in [2.75, 3.05) is 31.1 Å². The highest BCUT2D eigenvalue weighted by atomic mass is 32.2. The number of nitrogens with one attached hydrogen (secondary N) is 1. The fraction of sp³-hybridized carbons (Fsp3) is 0.643. The standard InChI is InChI=1S/C14H20N2OS2/c17-14(10-18-9-11-7-15-8-11)16-5-1-3-12(16)13-4-2-6-19-13/h2,4,6,11-12,15H,1,3,5,7-10H2. The molecule has 5 heteroatoms. The van der Waals surface area contributed by atoms with Crippen LogP contribution in [0.25, 0.3) is 0 Å². The summed E-state index contributed by atoms with van der Waals surface area (Å²) >= 11 is 3.58. The Labute approximate surface area is 122 Å². The number of hydrogen-bond acceptors (Lipinski definition) is 4. The number of amides is 1. The van der Waals surface area contributed by atoms with E-state index in [0.717, 1.165) is 44.1 Å². The largest absolute Gasteiger partial charge is 0.334 e. The maximum Gasteiger partial charge on any atom is 0.233 e. The van der Waals surface area contributed by atoms with E-state index in [0.29, 0.717) is 17.7 Å². The second-order valence-corrected chi connectivity index (χ2v) is 7.31. The Balaban J connectivity index is 1.50. The van der Waals surface area contributed by atoms with Gasteiger partial charge in [0.2, 0.25) is 5.91 Å². The fourth-order valence-corrected chi connectivity index (χ4v) is 4.60. The van der Waals surface area contributed by atoms with Crippen LogP contribution < -0.4 is 5.32 Å². The van der Waals surface area contributed by atoms with Crippen LogP contribution >= 0.6 is 23.1 Å². The Kier molecular flexibility index (Phi) is 4.45. The molecule has 0 bridgehead atoms. The molecular formula is C14H20N2OS2. The highest BCUT2D eigenvalue weighted by Crippen LogP contribution is 2.34. The number of thiophene rings is 1. The SMILES string of the molecule is O=C(CSCC1CNC1)N1CCCC1c1cccs1. The molecule has 2 aliphatic rings. The van der Waals surface area contributed by atoms with Gasteiger partial charge in [-0.25, -0.2) is 0 Å². The lowest BCUT2D eigenvalue weighted by molar-refractivity contribution is -0.129. The van der Waals surface area contributed by atoms with E-state index in [9.17, 15) is 4.79 Å². The van der Waals surface area contributed by atoms with Crippen molar-refractivity contribution in [3.05, 3.63) is 22.4 Å². The molecule has 1 unspecified atom stereocenters. The first-order valence-electron chi connectivity index (χ1n) is 6.96. The molecule has 3 rings (SSSR count). The smallest absolute Gasteiger partial charge is 0.233 e. The van der Waals surface area contributed by atoms with Gasteiger partial charge in [0, 0.05) is 11.4 Å². The van der Waals surface area contributed by atoms with Gasteiger partial charge < -0.3 is 10.2 Å². The van der Waals surface area contributed by atoms with Crippen LogP contribution in [-0.2, 0) is 4.79 Å². The minimum absolute atomic E-state index is 0.327. The third-order valence-electron chi connectivity index (χ3n) is 3.89. The molecule has 1 N–H and O–H groups in total. The maximum absolute atomic E-state index is 12.3. The Morgan fingerprint density at radius 3 is 3.11 bits per heavy atom. The van der Waals surface area contributed by atoms with E-state index in [1.165, 1.54) is 4.88 Å². The second-order valence-electron chi connectivity index (χ2n) is 5.30. The fourth-order valence-electron chi connectivity index (χ4n) is 2.70. The van der Waals surface area contributed by atoms with Crippen LogP contribution in [-0.4, -0.2) is 41.9 Å². The topological polar surface area (TPSA) is 32.3 Å². The Morgan fingerprint density at radius 2 is 2.42 bits per heavy atom. The van der Waals surface area contributed by atoms with E-state index in [-0.39, 0.29) is 0 Å². The van der Waals surface area contributed by atoms with Crippen molar-refractivity contribution in [1.29, 1.82) is 0 Å². The van der Waals surface area contributed by atoms with Gasteiger partial charge in [-0.2, -0.15) is 11.8 Å². The molecule has 0 radical (unpaired) electrons. The van der Waals surface area contributed by atoms with Gasteiger partial charge in [0.05, 0.1) is 11.8 Å². The molecule has 0 saturated carbocycles. The minimum Gasteiger partial charge on any atom is -0.334 e. The van der Waals surface area contributed by atoms with Crippen LogP contribution in [0.4, 0.5) is 0 Å². The van der Waals surface area contributed by atoms with Crippen LogP contribution in [0.2, 0.25) is 0 Å². The van der Waals surface area contributed by atoms with Crippen molar-refractivity contribution in [2.24, 2.45) is 5.92 Å². The highest BCUT2D eigenvalue weighted by molar-refractivity contribution is 7.99. The number of thioether (sulfide) groups is 1. The Bertz CT molecular complexity index is 417. The number of hydrogen-bond donors (Lipinski definition) is 1. The number of rotatable bonds is 5. The van der Waals surface area contributed by atoms with Crippen molar-refractivity contribution in [1.82, 2.24) is 10.2 Å². The molecule has 1 aromatic rings. The molecule has 2 aliphatic heterocycles. The van der Waals surface area contributed by atoms with Crippen molar-refractivity contribution < 1.29 is 4.79 Å².